The molecule has 1 amide bonds. The zero-order chi connectivity index (χ0) is 23.5. The van der Waals surface area contributed by atoms with Gasteiger partial charge in [0.2, 0.25) is 0 Å². The molecule has 2 N–H and O–H groups in total. The van der Waals surface area contributed by atoms with Gasteiger partial charge in [0.05, 0.1) is 18.2 Å². The number of carbonyl (C=O) groups excluding carboxylic acids is 1. The first kappa shape index (κ1) is 23.5. The minimum Gasteiger partial charge on any atom is -0.496 e. The van der Waals surface area contributed by atoms with E-state index in [1.165, 1.54) is 7.11 Å². The molecule has 2 aromatic carbocycles. The minimum absolute atomic E-state index is 0.112. The van der Waals surface area contributed by atoms with Crippen molar-refractivity contribution in [2.45, 2.75) is 37.6 Å². The largest absolute Gasteiger partial charge is 0.496 e. The van der Waals surface area contributed by atoms with E-state index in [4.69, 9.17) is 9.47 Å². The summed E-state index contributed by atoms with van der Waals surface area (Å²) >= 11 is 0. The number of alkyl halides is 3. The molecular weight excluding hydrogens is 434 g/mol. The van der Waals surface area contributed by atoms with Gasteiger partial charge in [0.25, 0.3) is 5.91 Å². The summed E-state index contributed by atoms with van der Waals surface area (Å²) < 4.78 is 62.9. The Morgan fingerprint density at radius 2 is 1.97 bits per heavy atom. The van der Waals surface area contributed by atoms with Gasteiger partial charge in [0.15, 0.2) is 5.60 Å². The Hall–Kier alpha value is -3.14. The van der Waals surface area contributed by atoms with Crippen molar-refractivity contribution in [3.05, 3.63) is 64.5 Å². The summed E-state index contributed by atoms with van der Waals surface area (Å²) in [6.45, 7) is 0.237. The summed E-state index contributed by atoms with van der Waals surface area (Å²) in [6.07, 6.45) is -3.61. The Labute approximate surface area is 181 Å². The van der Waals surface area contributed by atoms with Crippen LogP contribution in [0.25, 0.3) is 0 Å². The molecule has 1 heterocycles. The molecule has 0 saturated carbocycles. The molecule has 1 aliphatic heterocycles. The van der Waals surface area contributed by atoms with Crippen LogP contribution in [0.15, 0.2) is 36.4 Å². The van der Waals surface area contributed by atoms with E-state index in [0.29, 0.717) is 42.4 Å². The van der Waals surface area contributed by atoms with E-state index in [1.54, 1.807) is 18.2 Å². The SMILES string of the molecule is COc1ccc(CC2(C(=O)O)CCCO2)cc1CNC(=O)c1ccc(C(F)(F)F)cc1F. The van der Waals surface area contributed by atoms with Crippen molar-refractivity contribution in [2.24, 2.45) is 0 Å². The van der Waals surface area contributed by atoms with Crippen molar-refractivity contribution in [2.75, 3.05) is 13.7 Å². The van der Waals surface area contributed by atoms with Gasteiger partial charge in [0.1, 0.15) is 11.6 Å². The third-order valence-corrected chi connectivity index (χ3v) is 5.31. The van der Waals surface area contributed by atoms with Crippen LogP contribution < -0.4 is 10.1 Å². The molecule has 1 fully saturated rings. The van der Waals surface area contributed by atoms with Crippen molar-refractivity contribution in [1.29, 1.82) is 0 Å². The number of carbonyl (C=O) groups is 2. The van der Waals surface area contributed by atoms with Crippen LogP contribution in [0, 0.1) is 5.82 Å². The molecule has 6 nitrogen and oxygen atoms in total. The fourth-order valence-electron chi connectivity index (χ4n) is 3.64. The van der Waals surface area contributed by atoms with Gasteiger partial charge in [-0.15, -0.1) is 0 Å². The number of carboxylic acids is 1. The fourth-order valence-corrected chi connectivity index (χ4v) is 3.64. The van der Waals surface area contributed by atoms with Crippen LogP contribution in [0.3, 0.4) is 0 Å². The summed E-state index contributed by atoms with van der Waals surface area (Å²) in [5.74, 6) is -2.85. The first-order chi connectivity index (χ1) is 15.1. The number of carboxylic acid groups (broad SMARTS) is 1. The van der Waals surface area contributed by atoms with Gasteiger partial charge in [0, 0.05) is 25.1 Å². The molecule has 1 unspecified atom stereocenters. The first-order valence-electron chi connectivity index (χ1n) is 9.74. The molecule has 1 aliphatic rings. The predicted molar refractivity (Wildman–Crippen MR) is 105 cm³/mol. The number of amides is 1. The summed E-state index contributed by atoms with van der Waals surface area (Å²) in [5, 5.41) is 12.0. The number of nitrogens with one attached hydrogen (secondary N) is 1. The highest BCUT2D eigenvalue weighted by Crippen LogP contribution is 2.32. The van der Waals surface area contributed by atoms with Crippen LogP contribution in [0.4, 0.5) is 17.6 Å². The zero-order valence-corrected chi connectivity index (χ0v) is 17.1. The van der Waals surface area contributed by atoms with Crippen LogP contribution in [0.1, 0.15) is 39.9 Å². The lowest BCUT2D eigenvalue weighted by Crippen LogP contribution is -2.40. The fraction of sp³-hybridized carbons (Fsp3) is 0.364. The zero-order valence-electron chi connectivity index (χ0n) is 17.1. The molecule has 10 heteroatoms. The predicted octanol–water partition coefficient (Wildman–Crippen LogP) is 3.96. The second-order valence-electron chi connectivity index (χ2n) is 7.45. The summed E-state index contributed by atoms with van der Waals surface area (Å²) in [7, 11) is 1.41. The molecule has 2 aromatic rings. The third kappa shape index (κ3) is 5.01. The normalized spacial score (nSPS) is 18.4. The lowest BCUT2D eigenvalue weighted by Gasteiger charge is -2.24. The lowest BCUT2D eigenvalue weighted by atomic mass is 9.91. The summed E-state index contributed by atoms with van der Waals surface area (Å²) in [4.78, 5) is 24.0. The number of ether oxygens (including phenoxy) is 2. The van der Waals surface area contributed by atoms with Gasteiger partial charge in [-0.25, -0.2) is 9.18 Å². The second-order valence-corrected chi connectivity index (χ2v) is 7.45. The van der Waals surface area contributed by atoms with Crippen LogP contribution >= 0.6 is 0 Å². The highest BCUT2D eigenvalue weighted by Gasteiger charge is 2.43. The smallest absolute Gasteiger partial charge is 0.416 e. The van der Waals surface area contributed by atoms with Gasteiger partial charge in [-0.1, -0.05) is 12.1 Å². The monoisotopic (exact) mass is 455 g/mol. The highest BCUT2D eigenvalue weighted by atomic mass is 19.4. The molecular formula is C22H21F4NO5. The highest BCUT2D eigenvalue weighted by molar-refractivity contribution is 5.94. The molecule has 1 saturated heterocycles. The van der Waals surface area contributed by atoms with Crippen LogP contribution in [-0.4, -0.2) is 36.3 Å². The quantitative estimate of drug-likeness (QED) is 0.618. The molecule has 0 aromatic heterocycles. The van der Waals surface area contributed by atoms with E-state index in [2.05, 4.69) is 5.32 Å². The number of benzene rings is 2. The van der Waals surface area contributed by atoms with Gasteiger partial charge in [-0.3, -0.25) is 4.79 Å². The van der Waals surface area contributed by atoms with Gasteiger partial charge in [-0.2, -0.15) is 13.2 Å². The first-order valence-corrected chi connectivity index (χ1v) is 9.74. The maximum absolute atomic E-state index is 14.1. The molecule has 32 heavy (non-hydrogen) atoms. The number of hydrogen-bond donors (Lipinski definition) is 2. The molecule has 1 atom stereocenters. The Morgan fingerprint density at radius 1 is 1.22 bits per heavy atom. The Balaban J connectivity index is 1.76. The van der Waals surface area contributed by atoms with Crippen molar-refractivity contribution >= 4 is 11.9 Å². The van der Waals surface area contributed by atoms with E-state index < -0.39 is 40.6 Å². The number of aliphatic carboxylic acids is 1. The standard InChI is InChI=1S/C22H21F4NO5/c1-31-18-6-3-13(11-21(20(29)30)7-2-8-32-21)9-14(18)12-27-19(28)16-5-4-15(10-17(16)23)22(24,25)26/h3-6,9-10H,2,7-8,11-12H2,1H3,(H,27,28)(H,29,30). The average Bonchev–Trinajstić information content (AvgIpc) is 3.21. The topological polar surface area (TPSA) is 84.9 Å². The van der Waals surface area contributed by atoms with E-state index >= 15 is 0 Å². The van der Waals surface area contributed by atoms with E-state index in [0.717, 1.165) is 6.07 Å². The van der Waals surface area contributed by atoms with E-state index in [-0.39, 0.29) is 19.0 Å². The van der Waals surface area contributed by atoms with Crippen LogP contribution in [0.2, 0.25) is 0 Å². The molecule has 0 bridgehead atoms. The van der Waals surface area contributed by atoms with Crippen molar-refractivity contribution < 1.29 is 41.7 Å². The maximum atomic E-state index is 14.1. The lowest BCUT2D eigenvalue weighted by molar-refractivity contribution is -0.159. The Kier molecular flexibility index (Phi) is 6.73. The van der Waals surface area contributed by atoms with Gasteiger partial charge < -0.3 is 19.9 Å². The van der Waals surface area contributed by atoms with Gasteiger partial charge in [-0.05, 0) is 42.7 Å². The molecule has 0 spiro atoms. The number of rotatable bonds is 7. The molecule has 3 rings (SSSR count). The molecule has 172 valence electrons. The van der Waals surface area contributed by atoms with Crippen LogP contribution in [-0.2, 0) is 28.7 Å². The van der Waals surface area contributed by atoms with Crippen molar-refractivity contribution in [1.82, 2.24) is 5.32 Å². The minimum atomic E-state index is -4.72. The molecule has 0 radical (unpaired) electrons. The average molecular weight is 455 g/mol. The number of methoxy groups -OCH3 is 1. The summed E-state index contributed by atoms with van der Waals surface area (Å²) in [5.41, 5.74) is -1.91. The van der Waals surface area contributed by atoms with Crippen molar-refractivity contribution in [3.8, 4) is 5.75 Å². The summed E-state index contributed by atoms with van der Waals surface area (Å²) in [6, 6.07) is 6.62. The van der Waals surface area contributed by atoms with Crippen molar-refractivity contribution in [3.63, 3.8) is 0 Å². The van der Waals surface area contributed by atoms with E-state index in [1.807, 2.05) is 0 Å². The van der Waals surface area contributed by atoms with Gasteiger partial charge >= 0.3 is 12.1 Å². The third-order valence-electron chi connectivity index (χ3n) is 5.31. The molecule has 0 aliphatic carbocycles. The Morgan fingerprint density at radius 3 is 2.53 bits per heavy atom. The second kappa shape index (κ2) is 9.15. The van der Waals surface area contributed by atoms with Crippen LogP contribution in [0.5, 0.6) is 5.75 Å². The number of hydrogen-bond acceptors (Lipinski definition) is 4. The Bertz CT molecular complexity index is 1020. The van der Waals surface area contributed by atoms with E-state index in [9.17, 15) is 32.3 Å². The number of halogens is 4. The maximum Gasteiger partial charge on any atom is 0.416 e.